The van der Waals surface area contributed by atoms with Crippen molar-refractivity contribution < 1.29 is 10.2 Å². The summed E-state index contributed by atoms with van der Waals surface area (Å²) >= 11 is 5.88. The Morgan fingerprint density at radius 2 is 2.00 bits per heavy atom. The van der Waals surface area contributed by atoms with Crippen molar-refractivity contribution in [2.45, 2.75) is 19.8 Å². The third kappa shape index (κ3) is 1.74. The van der Waals surface area contributed by atoms with Gasteiger partial charge in [-0.3, -0.25) is 4.79 Å². The number of aromatic nitrogens is 1. The van der Waals surface area contributed by atoms with Crippen molar-refractivity contribution in [1.82, 2.24) is 4.98 Å². The number of nitrogens with one attached hydrogen (secondary N) is 1. The molecule has 5 heteroatoms. The zero-order valence-electron chi connectivity index (χ0n) is 9.41. The van der Waals surface area contributed by atoms with Crippen LogP contribution in [0.2, 0.25) is 5.02 Å². The van der Waals surface area contributed by atoms with E-state index >= 15 is 0 Å². The van der Waals surface area contributed by atoms with Gasteiger partial charge in [0.15, 0.2) is 16.9 Å². The third-order valence-electron chi connectivity index (χ3n) is 2.71. The monoisotopic (exact) mass is 253 g/mol. The molecule has 0 spiro atoms. The van der Waals surface area contributed by atoms with Gasteiger partial charge in [0.2, 0.25) is 0 Å². The number of hydrogen-bond acceptors (Lipinski definition) is 3. The van der Waals surface area contributed by atoms with E-state index in [1.165, 1.54) is 6.07 Å². The van der Waals surface area contributed by atoms with Crippen LogP contribution in [0, 0.1) is 0 Å². The summed E-state index contributed by atoms with van der Waals surface area (Å²) in [5, 5.41) is 19.0. The quantitative estimate of drug-likeness (QED) is 0.684. The van der Waals surface area contributed by atoms with Crippen LogP contribution in [0.25, 0.3) is 10.9 Å². The summed E-state index contributed by atoms with van der Waals surface area (Å²) in [5.74, 6) is -0.767. The fourth-order valence-electron chi connectivity index (χ4n) is 1.76. The number of hydrogen-bond donors (Lipinski definition) is 3. The lowest BCUT2D eigenvalue weighted by Gasteiger charge is -2.09. The molecule has 4 nitrogen and oxygen atoms in total. The molecule has 0 fully saturated rings. The molecule has 0 aliphatic carbocycles. The zero-order chi connectivity index (χ0) is 12.7. The Hall–Kier alpha value is -1.68. The van der Waals surface area contributed by atoms with Crippen LogP contribution in [0.4, 0.5) is 0 Å². The highest BCUT2D eigenvalue weighted by atomic mass is 35.5. The fourth-order valence-corrected chi connectivity index (χ4v) is 2.04. The van der Waals surface area contributed by atoms with E-state index < -0.39 is 5.75 Å². The van der Waals surface area contributed by atoms with Crippen molar-refractivity contribution in [3.8, 4) is 11.5 Å². The van der Waals surface area contributed by atoms with E-state index in [4.69, 9.17) is 11.6 Å². The molecule has 1 heterocycles. The number of phenolic OH excluding ortho intramolecular Hbond substituents is 2. The van der Waals surface area contributed by atoms with Gasteiger partial charge in [0, 0.05) is 17.8 Å². The minimum atomic E-state index is -0.467. The van der Waals surface area contributed by atoms with Gasteiger partial charge in [-0.25, -0.2) is 0 Å². The Morgan fingerprint density at radius 3 is 2.59 bits per heavy atom. The van der Waals surface area contributed by atoms with Gasteiger partial charge in [-0.1, -0.05) is 25.4 Å². The van der Waals surface area contributed by atoms with E-state index in [2.05, 4.69) is 4.98 Å². The maximum Gasteiger partial charge on any atom is 0.194 e. The molecule has 2 aromatic rings. The number of rotatable bonds is 1. The first kappa shape index (κ1) is 11.8. The van der Waals surface area contributed by atoms with Crippen molar-refractivity contribution >= 4 is 22.5 Å². The lowest BCUT2D eigenvalue weighted by Crippen LogP contribution is -2.11. The second kappa shape index (κ2) is 3.96. The second-order valence-electron chi connectivity index (χ2n) is 4.21. The Morgan fingerprint density at radius 1 is 1.35 bits per heavy atom. The van der Waals surface area contributed by atoms with Gasteiger partial charge in [0.25, 0.3) is 0 Å². The molecule has 1 aromatic carbocycles. The van der Waals surface area contributed by atoms with Gasteiger partial charge in [-0.2, -0.15) is 0 Å². The number of pyridine rings is 1. The Kier molecular flexibility index (Phi) is 2.75. The van der Waals surface area contributed by atoms with Crippen molar-refractivity contribution in [2.75, 3.05) is 0 Å². The molecule has 0 radical (unpaired) electrons. The van der Waals surface area contributed by atoms with Crippen LogP contribution < -0.4 is 5.43 Å². The first-order valence-electron chi connectivity index (χ1n) is 5.19. The molecule has 1 aromatic heterocycles. The molecule has 0 bridgehead atoms. The topological polar surface area (TPSA) is 73.3 Å². The van der Waals surface area contributed by atoms with Crippen LogP contribution >= 0.6 is 11.6 Å². The molecule has 0 unspecified atom stereocenters. The molecular formula is C12H12ClNO3. The van der Waals surface area contributed by atoms with Crippen molar-refractivity contribution in [2.24, 2.45) is 0 Å². The molecule has 0 saturated carbocycles. The van der Waals surface area contributed by atoms with Crippen molar-refractivity contribution in [1.29, 1.82) is 0 Å². The van der Waals surface area contributed by atoms with Crippen LogP contribution in [0.3, 0.4) is 0 Å². The Bertz CT molecular complexity index is 646. The highest BCUT2D eigenvalue weighted by molar-refractivity contribution is 6.37. The van der Waals surface area contributed by atoms with Crippen LogP contribution in [0.1, 0.15) is 25.3 Å². The largest absolute Gasteiger partial charge is 0.504 e. The normalized spacial score (nSPS) is 11.3. The summed E-state index contributed by atoms with van der Waals surface area (Å²) in [7, 11) is 0. The second-order valence-corrected chi connectivity index (χ2v) is 4.59. The molecule has 2 rings (SSSR count). The summed E-state index contributed by atoms with van der Waals surface area (Å²) < 4.78 is 0. The average Bonchev–Trinajstić information content (AvgIpc) is 2.25. The summed E-state index contributed by atoms with van der Waals surface area (Å²) in [6.07, 6.45) is 1.60. The van der Waals surface area contributed by atoms with Crippen LogP contribution in [0.5, 0.6) is 11.5 Å². The van der Waals surface area contributed by atoms with Gasteiger partial charge in [0.05, 0.1) is 15.9 Å². The molecule has 0 atom stereocenters. The summed E-state index contributed by atoms with van der Waals surface area (Å²) in [5.41, 5.74) is 0.762. The Labute approximate surface area is 102 Å². The number of benzene rings is 1. The van der Waals surface area contributed by atoms with Gasteiger partial charge < -0.3 is 15.2 Å². The van der Waals surface area contributed by atoms with E-state index in [1.54, 1.807) is 6.20 Å². The highest BCUT2D eigenvalue weighted by Gasteiger charge is 2.16. The molecule has 0 aliphatic heterocycles. The SMILES string of the molecule is CC(C)c1c[nH]c2cc(O)c(O)c(Cl)c2c1=O. The van der Waals surface area contributed by atoms with E-state index in [9.17, 15) is 15.0 Å². The van der Waals surface area contributed by atoms with Gasteiger partial charge >= 0.3 is 0 Å². The maximum atomic E-state index is 12.2. The number of aromatic hydroxyl groups is 2. The first-order valence-corrected chi connectivity index (χ1v) is 5.57. The minimum Gasteiger partial charge on any atom is -0.504 e. The zero-order valence-corrected chi connectivity index (χ0v) is 10.2. The van der Waals surface area contributed by atoms with Gasteiger partial charge in [-0.05, 0) is 5.92 Å². The van der Waals surface area contributed by atoms with Crippen LogP contribution in [0.15, 0.2) is 17.1 Å². The first-order chi connectivity index (χ1) is 7.93. The number of aromatic amines is 1. The van der Waals surface area contributed by atoms with E-state index in [0.29, 0.717) is 11.1 Å². The molecule has 0 saturated heterocycles. The predicted molar refractivity (Wildman–Crippen MR) is 67.0 cm³/mol. The standard InChI is InChI=1S/C12H12ClNO3/c1-5(2)6-4-14-7-3-8(15)12(17)10(13)9(7)11(6)16/h3-5,15,17H,1-2H3,(H,14,16). The molecule has 90 valence electrons. The lowest BCUT2D eigenvalue weighted by atomic mass is 10.0. The minimum absolute atomic E-state index is 0.0511. The fraction of sp³-hybridized carbons (Fsp3) is 0.250. The predicted octanol–water partition coefficient (Wildman–Crippen LogP) is 2.72. The maximum absolute atomic E-state index is 12.2. The molecule has 0 aliphatic rings. The van der Waals surface area contributed by atoms with Crippen LogP contribution in [-0.4, -0.2) is 15.2 Å². The molecule has 0 amide bonds. The van der Waals surface area contributed by atoms with E-state index in [1.807, 2.05) is 13.8 Å². The Balaban J connectivity index is 2.95. The molecule has 3 N–H and O–H groups in total. The average molecular weight is 254 g/mol. The van der Waals surface area contributed by atoms with Crippen LogP contribution in [-0.2, 0) is 0 Å². The third-order valence-corrected chi connectivity index (χ3v) is 3.08. The summed E-state index contributed by atoms with van der Waals surface area (Å²) in [6.45, 7) is 3.79. The van der Waals surface area contributed by atoms with Crippen molar-refractivity contribution in [3.05, 3.63) is 33.1 Å². The smallest absolute Gasteiger partial charge is 0.194 e. The molecular weight excluding hydrogens is 242 g/mol. The van der Waals surface area contributed by atoms with E-state index in [0.717, 1.165) is 0 Å². The molecule has 17 heavy (non-hydrogen) atoms. The van der Waals surface area contributed by atoms with E-state index in [-0.39, 0.29) is 27.5 Å². The highest BCUT2D eigenvalue weighted by Crippen LogP contribution is 2.37. The van der Waals surface area contributed by atoms with Gasteiger partial charge in [-0.15, -0.1) is 0 Å². The number of H-pyrrole nitrogens is 1. The van der Waals surface area contributed by atoms with Gasteiger partial charge in [0.1, 0.15) is 0 Å². The number of halogens is 1. The number of phenols is 2. The summed E-state index contributed by atoms with van der Waals surface area (Å²) in [6, 6.07) is 1.28. The summed E-state index contributed by atoms with van der Waals surface area (Å²) in [4.78, 5) is 15.1. The lowest BCUT2D eigenvalue weighted by molar-refractivity contribution is 0.405. The number of fused-ring (bicyclic) bond motifs is 1. The van der Waals surface area contributed by atoms with Crippen molar-refractivity contribution in [3.63, 3.8) is 0 Å².